The van der Waals surface area contributed by atoms with Crippen molar-refractivity contribution in [3.8, 4) is 5.75 Å². The van der Waals surface area contributed by atoms with E-state index in [0.29, 0.717) is 11.3 Å². The number of benzene rings is 2. The predicted molar refractivity (Wildman–Crippen MR) is 97.3 cm³/mol. The Labute approximate surface area is 144 Å². The summed E-state index contributed by atoms with van der Waals surface area (Å²) in [6.45, 7) is 1.88. The molecule has 0 aliphatic heterocycles. The summed E-state index contributed by atoms with van der Waals surface area (Å²) < 4.78 is 5.35. The molecule has 2 aromatic carbocycles. The van der Waals surface area contributed by atoms with Crippen molar-refractivity contribution in [2.45, 2.75) is 6.92 Å². The Balaban J connectivity index is 1.95. The number of aryl methyl sites for hydroxylation is 1. The van der Waals surface area contributed by atoms with Crippen LogP contribution in [0.1, 0.15) is 11.3 Å². The van der Waals surface area contributed by atoms with Crippen molar-refractivity contribution in [3.63, 3.8) is 0 Å². The molecule has 1 N–H and O–H groups in total. The first-order valence-corrected chi connectivity index (χ1v) is 7.57. The van der Waals surface area contributed by atoms with Gasteiger partial charge < -0.3 is 4.74 Å². The highest BCUT2D eigenvalue weighted by Gasteiger charge is 2.11. The van der Waals surface area contributed by atoms with Crippen LogP contribution in [0, 0.1) is 17.0 Å². The van der Waals surface area contributed by atoms with Crippen LogP contribution < -0.4 is 10.2 Å². The lowest BCUT2D eigenvalue weighted by Crippen LogP contribution is -1.98. The summed E-state index contributed by atoms with van der Waals surface area (Å²) in [4.78, 5) is 15.1. The fraction of sp³-hybridized carbons (Fsp3) is 0.111. The largest absolute Gasteiger partial charge is 0.494 e. The van der Waals surface area contributed by atoms with Crippen LogP contribution in [-0.2, 0) is 0 Å². The lowest BCUT2D eigenvalue weighted by molar-refractivity contribution is -0.385. The number of aromatic nitrogens is 1. The molecule has 1 aromatic heterocycles. The SMILES string of the molecule is COc1cccc2c(N/N=C/c3ccccc3[N+](=O)[O-])cc(C)nc12. The van der Waals surface area contributed by atoms with Crippen LogP contribution in [0.4, 0.5) is 11.4 Å². The third kappa shape index (κ3) is 3.40. The van der Waals surface area contributed by atoms with Crippen molar-refractivity contribution in [2.24, 2.45) is 5.10 Å². The summed E-state index contributed by atoms with van der Waals surface area (Å²) in [5.41, 5.74) is 5.66. The van der Waals surface area contributed by atoms with Crippen molar-refractivity contribution < 1.29 is 9.66 Å². The van der Waals surface area contributed by atoms with Gasteiger partial charge in [0.15, 0.2) is 0 Å². The number of nitro groups is 1. The Morgan fingerprint density at radius 3 is 2.80 bits per heavy atom. The fourth-order valence-electron chi connectivity index (χ4n) is 2.54. The monoisotopic (exact) mass is 336 g/mol. The van der Waals surface area contributed by atoms with E-state index in [0.717, 1.165) is 22.3 Å². The van der Waals surface area contributed by atoms with Gasteiger partial charge in [0.05, 0.1) is 29.5 Å². The van der Waals surface area contributed by atoms with E-state index in [1.54, 1.807) is 25.3 Å². The third-order valence-electron chi connectivity index (χ3n) is 3.67. The van der Waals surface area contributed by atoms with E-state index < -0.39 is 4.92 Å². The standard InChI is InChI=1S/C18H16N4O3/c1-12-10-15(14-7-5-9-17(25-2)18(14)20-12)21-19-11-13-6-3-4-8-16(13)22(23)24/h3-11H,1-2H3,(H,20,21)/b19-11+. The van der Waals surface area contributed by atoms with Gasteiger partial charge in [-0.3, -0.25) is 15.5 Å². The molecule has 1 heterocycles. The molecule has 0 aliphatic rings. The zero-order valence-corrected chi connectivity index (χ0v) is 13.8. The first-order chi connectivity index (χ1) is 12.1. The molecule has 0 amide bonds. The molecule has 0 saturated heterocycles. The summed E-state index contributed by atoms with van der Waals surface area (Å²) in [5.74, 6) is 0.673. The first kappa shape index (κ1) is 16.4. The van der Waals surface area contributed by atoms with Crippen molar-refractivity contribution in [1.29, 1.82) is 0 Å². The van der Waals surface area contributed by atoms with Gasteiger partial charge >= 0.3 is 0 Å². The predicted octanol–water partition coefficient (Wildman–Crippen LogP) is 3.91. The molecule has 0 saturated carbocycles. The fourth-order valence-corrected chi connectivity index (χ4v) is 2.54. The van der Waals surface area contributed by atoms with E-state index in [4.69, 9.17) is 4.74 Å². The number of rotatable bonds is 5. The Morgan fingerprint density at radius 1 is 1.24 bits per heavy atom. The Bertz CT molecular complexity index is 970. The molecule has 0 unspecified atom stereocenters. The number of nitrogens with zero attached hydrogens (tertiary/aromatic N) is 3. The number of hydrazone groups is 1. The number of nitrogens with one attached hydrogen (secondary N) is 1. The minimum atomic E-state index is -0.432. The van der Waals surface area contributed by atoms with Crippen LogP contribution in [0.25, 0.3) is 10.9 Å². The number of hydrogen-bond acceptors (Lipinski definition) is 6. The molecule has 7 nitrogen and oxygen atoms in total. The lowest BCUT2D eigenvalue weighted by Gasteiger charge is -2.10. The Kier molecular flexibility index (Phi) is 4.56. The van der Waals surface area contributed by atoms with Gasteiger partial charge in [-0.1, -0.05) is 24.3 Å². The quantitative estimate of drug-likeness (QED) is 0.433. The number of para-hydroxylation sites is 2. The summed E-state index contributed by atoms with van der Waals surface area (Å²) in [5, 5.41) is 16.1. The number of fused-ring (bicyclic) bond motifs is 1. The van der Waals surface area contributed by atoms with Crippen LogP contribution in [0.5, 0.6) is 5.75 Å². The van der Waals surface area contributed by atoms with Crippen LogP contribution in [-0.4, -0.2) is 23.2 Å². The minimum absolute atomic E-state index is 0.00508. The maximum Gasteiger partial charge on any atom is 0.278 e. The second kappa shape index (κ2) is 6.96. The average Bonchev–Trinajstić information content (AvgIpc) is 2.61. The zero-order chi connectivity index (χ0) is 17.8. The summed E-state index contributed by atoms with van der Waals surface area (Å²) in [6, 6.07) is 13.9. The smallest absolute Gasteiger partial charge is 0.278 e. The molecule has 3 rings (SSSR count). The molecule has 3 aromatic rings. The van der Waals surface area contributed by atoms with Crippen LogP contribution in [0.2, 0.25) is 0 Å². The normalized spacial score (nSPS) is 11.0. The van der Waals surface area contributed by atoms with Gasteiger partial charge in [0, 0.05) is 17.1 Å². The van der Waals surface area contributed by atoms with Crippen molar-refractivity contribution in [1.82, 2.24) is 4.98 Å². The summed E-state index contributed by atoms with van der Waals surface area (Å²) in [6.07, 6.45) is 1.43. The highest BCUT2D eigenvalue weighted by atomic mass is 16.6. The second-order valence-corrected chi connectivity index (χ2v) is 5.35. The van der Waals surface area contributed by atoms with Gasteiger partial charge in [0.25, 0.3) is 5.69 Å². The zero-order valence-electron chi connectivity index (χ0n) is 13.8. The van der Waals surface area contributed by atoms with E-state index >= 15 is 0 Å². The molecule has 0 atom stereocenters. The average molecular weight is 336 g/mol. The maximum atomic E-state index is 11.0. The molecule has 0 spiro atoms. The van der Waals surface area contributed by atoms with Crippen LogP contribution >= 0.6 is 0 Å². The van der Waals surface area contributed by atoms with E-state index in [2.05, 4.69) is 15.5 Å². The third-order valence-corrected chi connectivity index (χ3v) is 3.67. The van der Waals surface area contributed by atoms with E-state index in [1.165, 1.54) is 12.3 Å². The number of pyridine rings is 1. The molecule has 0 fully saturated rings. The van der Waals surface area contributed by atoms with Crippen LogP contribution in [0.3, 0.4) is 0 Å². The van der Waals surface area contributed by atoms with E-state index in [-0.39, 0.29) is 5.69 Å². The molecule has 126 valence electrons. The van der Waals surface area contributed by atoms with E-state index in [9.17, 15) is 10.1 Å². The van der Waals surface area contributed by atoms with Gasteiger partial charge in [-0.05, 0) is 25.1 Å². The lowest BCUT2D eigenvalue weighted by atomic mass is 10.1. The Hall–Kier alpha value is -3.48. The number of nitro benzene ring substituents is 1. The summed E-state index contributed by atoms with van der Waals surface area (Å²) >= 11 is 0. The topological polar surface area (TPSA) is 89.6 Å². The second-order valence-electron chi connectivity index (χ2n) is 5.35. The van der Waals surface area contributed by atoms with Crippen molar-refractivity contribution >= 4 is 28.5 Å². The van der Waals surface area contributed by atoms with Gasteiger partial charge in [-0.25, -0.2) is 4.98 Å². The molecular formula is C18H16N4O3. The number of ether oxygens (including phenoxy) is 1. The highest BCUT2D eigenvalue weighted by Crippen LogP contribution is 2.29. The van der Waals surface area contributed by atoms with Gasteiger partial charge in [0.1, 0.15) is 11.3 Å². The molecule has 7 heteroatoms. The van der Waals surface area contributed by atoms with Gasteiger partial charge in [0.2, 0.25) is 0 Å². The van der Waals surface area contributed by atoms with Gasteiger partial charge in [-0.15, -0.1) is 0 Å². The minimum Gasteiger partial charge on any atom is -0.494 e. The number of methoxy groups -OCH3 is 1. The molecular weight excluding hydrogens is 320 g/mol. The number of anilines is 1. The van der Waals surface area contributed by atoms with E-state index in [1.807, 2.05) is 31.2 Å². The van der Waals surface area contributed by atoms with Crippen LogP contribution in [0.15, 0.2) is 53.6 Å². The Morgan fingerprint density at radius 2 is 2.04 bits per heavy atom. The highest BCUT2D eigenvalue weighted by molar-refractivity contribution is 5.95. The first-order valence-electron chi connectivity index (χ1n) is 7.57. The summed E-state index contributed by atoms with van der Waals surface area (Å²) in [7, 11) is 1.60. The van der Waals surface area contributed by atoms with Crippen molar-refractivity contribution in [2.75, 3.05) is 12.5 Å². The van der Waals surface area contributed by atoms with Crippen molar-refractivity contribution in [3.05, 3.63) is 69.9 Å². The maximum absolute atomic E-state index is 11.0. The van der Waals surface area contributed by atoms with Gasteiger partial charge in [-0.2, -0.15) is 5.10 Å². The molecule has 25 heavy (non-hydrogen) atoms. The molecule has 0 radical (unpaired) electrons. The molecule has 0 aliphatic carbocycles. The number of hydrogen-bond donors (Lipinski definition) is 1. The molecule has 0 bridgehead atoms.